The van der Waals surface area contributed by atoms with Crippen LogP contribution in [0, 0.1) is 0 Å². The van der Waals surface area contributed by atoms with Gasteiger partial charge in [-0.25, -0.2) is 4.98 Å². The number of hydrogen-bond donors (Lipinski definition) is 1. The number of aromatic amines is 1. The highest BCUT2D eigenvalue weighted by atomic mass is 15.3. The Kier molecular flexibility index (Phi) is 4.46. The SMILES string of the molecule is CCc1cc(N2CCC(c3ncc[nH]3)CC2)nnc1-c1ccccc1. The van der Waals surface area contributed by atoms with Gasteiger partial charge in [0.05, 0.1) is 5.69 Å². The molecule has 0 radical (unpaired) electrons. The van der Waals surface area contributed by atoms with E-state index in [1.807, 2.05) is 30.6 Å². The van der Waals surface area contributed by atoms with Crippen LogP contribution in [-0.2, 0) is 6.42 Å². The Hall–Kier alpha value is -2.69. The van der Waals surface area contributed by atoms with Crippen molar-refractivity contribution in [2.24, 2.45) is 0 Å². The van der Waals surface area contributed by atoms with Gasteiger partial charge in [-0.1, -0.05) is 37.3 Å². The van der Waals surface area contributed by atoms with Gasteiger partial charge in [-0.3, -0.25) is 0 Å². The molecule has 1 aliphatic heterocycles. The minimum atomic E-state index is 0.522. The fraction of sp³-hybridized carbons (Fsp3) is 0.350. The van der Waals surface area contributed by atoms with Crippen molar-refractivity contribution in [2.45, 2.75) is 32.1 Å². The zero-order valence-corrected chi connectivity index (χ0v) is 14.5. The van der Waals surface area contributed by atoms with Crippen LogP contribution in [0.4, 0.5) is 5.82 Å². The van der Waals surface area contributed by atoms with Crippen LogP contribution >= 0.6 is 0 Å². The predicted molar refractivity (Wildman–Crippen MR) is 99.6 cm³/mol. The van der Waals surface area contributed by atoms with Gasteiger partial charge in [0.2, 0.25) is 0 Å². The molecular formula is C20H23N5. The number of anilines is 1. The Morgan fingerprint density at radius 2 is 1.92 bits per heavy atom. The van der Waals surface area contributed by atoms with E-state index < -0.39 is 0 Å². The summed E-state index contributed by atoms with van der Waals surface area (Å²) in [6.07, 6.45) is 6.88. The van der Waals surface area contributed by atoms with Crippen molar-refractivity contribution in [1.82, 2.24) is 20.2 Å². The summed E-state index contributed by atoms with van der Waals surface area (Å²) in [5, 5.41) is 9.08. The molecule has 3 aromatic rings. The van der Waals surface area contributed by atoms with E-state index in [-0.39, 0.29) is 0 Å². The molecule has 1 aliphatic rings. The van der Waals surface area contributed by atoms with Crippen LogP contribution in [0.25, 0.3) is 11.3 Å². The molecule has 1 aromatic carbocycles. The lowest BCUT2D eigenvalue weighted by Gasteiger charge is -2.32. The first kappa shape index (κ1) is 15.8. The number of hydrogen-bond acceptors (Lipinski definition) is 4. The van der Waals surface area contributed by atoms with Crippen LogP contribution in [0.3, 0.4) is 0 Å². The van der Waals surface area contributed by atoms with Gasteiger partial charge in [0.15, 0.2) is 5.82 Å². The lowest BCUT2D eigenvalue weighted by Crippen LogP contribution is -2.34. The molecule has 0 aliphatic carbocycles. The van der Waals surface area contributed by atoms with E-state index in [4.69, 9.17) is 0 Å². The molecule has 0 amide bonds. The van der Waals surface area contributed by atoms with Crippen molar-refractivity contribution >= 4 is 5.82 Å². The third-order valence-corrected chi connectivity index (χ3v) is 5.01. The van der Waals surface area contributed by atoms with E-state index in [1.54, 1.807) is 0 Å². The summed E-state index contributed by atoms with van der Waals surface area (Å²) < 4.78 is 0. The fourth-order valence-electron chi connectivity index (χ4n) is 3.56. The molecule has 2 aromatic heterocycles. The average molecular weight is 333 g/mol. The van der Waals surface area contributed by atoms with Gasteiger partial charge in [0.1, 0.15) is 5.82 Å². The molecule has 25 heavy (non-hydrogen) atoms. The largest absolute Gasteiger partial charge is 0.355 e. The predicted octanol–water partition coefficient (Wildman–Crippen LogP) is 3.81. The number of H-pyrrole nitrogens is 1. The first-order valence-electron chi connectivity index (χ1n) is 9.01. The molecular weight excluding hydrogens is 310 g/mol. The Morgan fingerprint density at radius 1 is 1.12 bits per heavy atom. The minimum Gasteiger partial charge on any atom is -0.355 e. The summed E-state index contributed by atoms with van der Waals surface area (Å²) in [5.41, 5.74) is 3.39. The van der Waals surface area contributed by atoms with E-state index in [0.717, 1.165) is 55.3 Å². The smallest absolute Gasteiger partial charge is 0.151 e. The molecule has 0 saturated carbocycles. The monoisotopic (exact) mass is 333 g/mol. The molecule has 4 rings (SSSR count). The summed E-state index contributed by atoms with van der Waals surface area (Å²) in [6.45, 7) is 4.16. The fourth-order valence-corrected chi connectivity index (χ4v) is 3.56. The zero-order chi connectivity index (χ0) is 17.1. The van der Waals surface area contributed by atoms with Crippen molar-refractivity contribution in [3.8, 4) is 11.3 Å². The van der Waals surface area contributed by atoms with Crippen molar-refractivity contribution in [3.05, 3.63) is 60.2 Å². The van der Waals surface area contributed by atoms with E-state index in [0.29, 0.717) is 5.92 Å². The van der Waals surface area contributed by atoms with E-state index in [2.05, 4.69) is 50.2 Å². The topological polar surface area (TPSA) is 57.7 Å². The number of nitrogens with one attached hydrogen (secondary N) is 1. The second-order valence-corrected chi connectivity index (χ2v) is 6.53. The van der Waals surface area contributed by atoms with E-state index in [1.165, 1.54) is 5.56 Å². The van der Waals surface area contributed by atoms with Gasteiger partial charge >= 0.3 is 0 Å². The van der Waals surface area contributed by atoms with Crippen LogP contribution in [0.2, 0.25) is 0 Å². The molecule has 5 nitrogen and oxygen atoms in total. The highest BCUT2D eigenvalue weighted by molar-refractivity contribution is 5.64. The van der Waals surface area contributed by atoms with Crippen molar-refractivity contribution < 1.29 is 0 Å². The number of aryl methyl sites for hydroxylation is 1. The van der Waals surface area contributed by atoms with Gasteiger partial charge in [-0.2, -0.15) is 0 Å². The second kappa shape index (κ2) is 7.05. The summed E-state index contributed by atoms with van der Waals surface area (Å²) in [5.74, 6) is 2.63. The molecule has 0 atom stereocenters. The van der Waals surface area contributed by atoms with Gasteiger partial charge in [0, 0.05) is 37.0 Å². The number of aromatic nitrogens is 4. The highest BCUT2D eigenvalue weighted by Gasteiger charge is 2.23. The molecule has 3 heterocycles. The Balaban J connectivity index is 1.52. The number of nitrogens with zero attached hydrogens (tertiary/aromatic N) is 4. The summed E-state index contributed by atoms with van der Waals surface area (Å²) in [6, 6.07) is 12.5. The number of imidazole rings is 1. The van der Waals surface area contributed by atoms with E-state index >= 15 is 0 Å². The summed E-state index contributed by atoms with van der Waals surface area (Å²) in [4.78, 5) is 10.0. The van der Waals surface area contributed by atoms with Gasteiger partial charge < -0.3 is 9.88 Å². The quantitative estimate of drug-likeness (QED) is 0.789. The summed E-state index contributed by atoms with van der Waals surface area (Å²) in [7, 11) is 0. The Morgan fingerprint density at radius 3 is 2.60 bits per heavy atom. The number of piperidine rings is 1. The third kappa shape index (κ3) is 3.27. The Labute approximate surface area is 148 Å². The molecule has 1 saturated heterocycles. The number of rotatable bonds is 4. The van der Waals surface area contributed by atoms with E-state index in [9.17, 15) is 0 Å². The average Bonchev–Trinajstić information content (AvgIpc) is 3.23. The summed E-state index contributed by atoms with van der Waals surface area (Å²) >= 11 is 0. The van der Waals surface area contributed by atoms with Gasteiger partial charge in [0.25, 0.3) is 0 Å². The van der Waals surface area contributed by atoms with Crippen LogP contribution < -0.4 is 4.90 Å². The second-order valence-electron chi connectivity index (χ2n) is 6.53. The first-order valence-corrected chi connectivity index (χ1v) is 9.01. The third-order valence-electron chi connectivity index (χ3n) is 5.01. The molecule has 5 heteroatoms. The molecule has 128 valence electrons. The molecule has 0 bridgehead atoms. The van der Waals surface area contributed by atoms with Crippen molar-refractivity contribution in [1.29, 1.82) is 0 Å². The van der Waals surface area contributed by atoms with Gasteiger partial charge in [-0.15, -0.1) is 10.2 Å². The molecule has 1 N–H and O–H groups in total. The molecule has 1 fully saturated rings. The molecule has 0 unspecified atom stereocenters. The van der Waals surface area contributed by atoms with Gasteiger partial charge in [-0.05, 0) is 30.9 Å². The maximum Gasteiger partial charge on any atom is 0.151 e. The molecule has 0 spiro atoms. The minimum absolute atomic E-state index is 0.522. The van der Waals surface area contributed by atoms with Crippen molar-refractivity contribution in [3.63, 3.8) is 0 Å². The lowest BCUT2D eigenvalue weighted by atomic mass is 9.96. The first-order chi connectivity index (χ1) is 12.3. The van der Waals surface area contributed by atoms with Crippen LogP contribution in [-0.4, -0.2) is 33.3 Å². The van der Waals surface area contributed by atoms with Crippen LogP contribution in [0.5, 0.6) is 0 Å². The zero-order valence-electron chi connectivity index (χ0n) is 14.5. The Bertz CT molecular complexity index is 805. The maximum absolute atomic E-state index is 4.55. The van der Waals surface area contributed by atoms with Crippen LogP contribution in [0.1, 0.15) is 37.1 Å². The maximum atomic E-state index is 4.55. The van der Waals surface area contributed by atoms with Crippen LogP contribution in [0.15, 0.2) is 48.8 Å². The highest BCUT2D eigenvalue weighted by Crippen LogP contribution is 2.29. The standard InChI is InChI=1S/C20H23N5/c1-2-15-14-18(23-24-19(15)16-6-4-3-5-7-16)25-12-8-17(9-13-25)20-21-10-11-22-20/h3-7,10-11,14,17H,2,8-9,12-13H2,1H3,(H,21,22). The van der Waals surface area contributed by atoms with Crippen molar-refractivity contribution in [2.75, 3.05) is 18.0 Å². The lowest BCUT2D eigenvalue weighted by molar-refractivity contribution is 0.485. The normalized spacial score (nSPS) is 15.5. The number of benzene rings is 1.